The maximum Gasteiger partial charge on any atom is 0.417 e. The van der Waals surface area contributed by atoms with Gasteiger partial charge in [0.05, 0.1) is 17.7 Å². The van der Waals surface area contributed by atoms with Crippen LogP contribution in [0.3, 0.4) is 0 Å². The summed E-state index contributed by atoms with van der Waals surface area (Å²) in [6, 6.07) is -2.09. The molecule has 4 rings (SSSR count). The average Bonchev–Trinajstić information content (AvgIpc) is 2.97. The first-order valence-corrected chi connectivity index (χ1v) is 14.4. The van der Waals surface area contributed by atoms with Crippen LogP contribution in [0.1, 0.15) is 42.7 Å². The van der Waals surface area contributed by atoms with E-state index in [0.29, 0.717) is 18.1 Å². The van der Waals surface area contributed by atoms with Gasteiger partial charge in [-0.3, -0.25) is 14.9 Å². The molecule has 256 valence electrons. The molecule has 8 nitrogen and oxygen atoms in total. The Morgan fingerprint density at radius 3 is 2.40 bits per heavy atom. The number of aryl methyl sites for hydroxylation is 1. The first-order chi connectivity index (χ1) is 21.7. The molecule has 1 aliphatic carbocycles. The molecule has 0 radical (unpaired) electrons. The minimum atomic E-state index is -4.90. The van der Waals surface area contributed by atoms with Crippen LogP contribution in [0.5, 0.6) is 5.75 Å². The number of amides is 1. The molecular weight excluding hydrogens is 646 g/mol. The molecule has 1 aromatic carbocycles. The van der Waals surface area contributed by atoms with Crippen molar-refractivity contribution >= 4 is 11.9 Å². The van der Waals surface area contributed by atoms with Crippen molar-refractivity contribution in [3.05, 3.63) is 74.2 Å². The normalized spacial score (nSPS) is 19.8. The van der Waals surface area contributed by atoms with Gasteiger partial charge >= 0.3 is 18.3 Å². The fourth-order valence-corrected chi connectivity index (χ4v) is 5.55. The Balaban J connectivity index is 1.67. The summed E-state index contributed by atoms with van der Waals surface area (Å²) in [4.78, 5) is 38.3. The van der Waals surface area contributed by atoms with Gasteiger partial charge in [0.2, 0.25) is 0 Å². The van der Waals surface area contributed by atoms with Crippen molar-refractivity contribution in [1.29, 1.82) is 0 Å². The van der Waals surface area contributed by atoms with Crippen molar-refractivity contribution in [3.8, 4) is 16.9 Å². The number of aromatic nitrogens is 1. The van der Waals surface area contributed by atoms with Gasteiger partial charge in [-0.05, 0) is 50.0 Å². The van der Waals surface area contributed by atoms with E-state index in [4.69, 9.17) is 4.74 Å². The van der Waals surface area contributed by atoms with Crippen LogP contribution < -0.4 is 20.9 Å². The van der Waals surface area contributed by atoms with Crippen molar-refractivity contribution in [2.45, 2.75) is 70.5 Å². The third-order valence-corrected chi connectivity index (χ3v) is 8.35. The summed E-state index contributed by atoms with van der Waals surface area (Å²) in [5.41, 5.74) is -3.54. The minimum absolute atomic E-state index is 0.0605. The van der Waals surface area contributed by atoms with E-state index in [1.54, 1.807) is 0 Å². The Hall–Kier alpha value is -4.21. The molecule has 2 heterocycles. The highest BCUT2D eigenvalue weighted by Gasteiger charge is 2.41. The smallest absolute Gasteiger partial charge is 0.417 e. The number of ether oxygens (including phenoxy) is 1. The van der Waals surface area contributed by atoms with E-state index in [1.807, 2.05) is 5.32 Å². The second kappa shape index (κ2) is 13.1. The molecule has 47 heavy (non-hydrogen) atoms. The summed E-state index contributed by atoms with van der Waals surface area (Å²) in [6.07, 6.45) is -8.89. The summed E-state index contributed by atoms with van der Waals surface area (Å²) in [7, 11) is 1.31. The van der Waals surface area contributed by atoms with Gasteiger partial charge in [0, 0.05) is 36.7 Å². The van der Waals surface area contributed by atoms with Crippen molar-refractivity contribution in [2.24, 2.45) is 13.0 Å². The summed E-state index contributed by atoms with van der Waals surface area (Å²) in [5.74, 6) is -7.47. The van der Waals surface area contributed by atoms with Gasteiger partial charge in [-0.25, -0.2) is 13.6 Å². The number of carbonyl (C=O) groups is 2. The van der Waals surface area contributed by atoms with Crippen LogP contribution in [0.15, 0.2) is 46.3 Å². The molecule has 0 fully saturated rings. The molecule has 1 amide bonds. The molecule has 0 spiro atoms. The van der Waals surface area contributed by atoms with Crippen LogP contribution in [0, 0.1) is 12.8 Å². The van der Waals surface area contributed by atoms with E-state index in [2.05, 4.69) is 5.32 Å². The number of nitrogens with zero attached hydrogens (tertiary/aromatic N) is 1. The number of aliphatic carboxylic acids is 1. The highest BCUT2D eigenvalue weighted by Crippen LogP contribution is 2.43. The fourth-order valence-electron chi connectivity index (χ4n) is 5.55. The second-order valence-electron chi connectivity index (χ2n) is 11.5. The van der Waals surface area contributed by atoms with Crippen LogP contribution in [-0.4, -0.2) is 52.5 Å². The number of halogens is 8. The van der Waals surface area contributed by atoms with Crippen LogP contribution >= 0.6 is 0 Å². The number of carboxylic acid groups (broad SMARTS) is 1. The third kappa shape index (κ3) is 7.21. The Morgan fingerprint density at radius 1 is 1.15 bits per heavy atom. The topological polar surface area (TPSA) is 110 Å². The Bertz CT molecular complexity index is 1710. The molecule has 0 saturated carbocycles. The number of benzene rings is 1. The number of rotatable bonds is 8. The molecule has 0 saturated heterocycles. The molecule has 1 aromatic heterocycles. The molecule has 1 aliphatic heterocycles. The van der Waals surface area contributed by atoms with Gasteiger partial charge < -0.3 is 19.7 Å². The van der Waals surface area contributed by atoms with E-state index in [0.717, 1.165) is 24.5 Å². The largest absolute Gasteiger partial charge is 0.493 e. The van der Waals surface area contributed by atoms with Crippen molar-refractivity contribution in [3.63, 3.8) is 0 Å². The molecular formula is C31H31F8N3O5. The lowest BCUT2D eigenvalue weighted by atomic mass is 9.88. The average molecular weight is 678 g/mol. The third-order valence-electron chi connectivity index (χ3n) is 8.35. The van der Waals surface area contributed by atoms with Crippen molar-refractivity contribution in [2.75, 3.05) is 6.61 Å². The molecule has 0 bridgehead atoms. The Morgan fingerprint density at radius 2 is 1.81 bits per heavy atom. The lowest BCUT2D eigenvalue weighted by molar-refractivity contribution is -0.153. The predicted molar refractivity (Wildman–Crippen MR) is 153 cm³/mol. The van der Waals surface area contributed by atoms with E-state index in [9.17, 15) is 50.2 Å². The first kappa shape index (κ1) is 35.6. The molecule has 2 unspecified atom stereocenters. The molecule has 2 aliphatic rings. The molecule has 3 N–H and O–H groups in total. The summed E-state index contributed by atoms with van der Waals surface area (Å²) >= 11 is 0. The highest BCUT2D eigenvalue weighted by atomic mass is 19.4. The monoisotopic (exact) mass is 677 g/mol. The van der Waals surface area contributed by atoms with Crippen LogP contribution in [0.2, 0.25) is 0 Å². The standard InChI is InChI=1S/C31H31F8N3O5/c1-13-10-19(31(37,38)39)23(28(44)42(13)4)18-8-7-16(17-6-5-9-47-26(17)18)11-22(29(45)46)41-27(43)24-20(32)12-21(14(2)25(24)33)40-15(3)30(34,35)36/h7-8,10,12,14-15,21-22,40H,5-6,9,11H2,1-4H3,(H,41,43)(H,45,46)/t14?,15-,21?,22+/m1/s1. The van der Waals surface area contributed by atoms with E-state index < -0.39 is 88.6 Å². The van der Waals surface area contributed by atoms with Gasteiger partial charge in [-0.2, -0.15) is 26.3 Å². The van der Waals surface area contributed by atoms with E-state index in [1.165, 1.54) is 26.1 Å². The number of pyridine rings is 1. The Labute approximate surface area is 263 Å². The lowest BCUT2D eigenvalue weighted by Crippen LogP contribution is -2.49. The maximum atomic E-state index is 15.2. The van der Waals surface area contributed by atoms with Crippen LogP contribution in [-0.2, 0) is 35.7 Å². The molecule has 2 aromatic rings. The number of fused-ring (bicyclic) bond motifs is 1. The number of alkyl halides is 6. The lowest BCUT2D eigenvalue weighted by Gasteiger charge is -2.30. The van der Waals surface area contributed by atoms with Crippen LogP contribution in [0.25, 0.3) is 11.1 Å². The van der Waals surface area contributed by atoms with Crippen molar-refractivity contribution < 1.29 is 54.6 Å². The summed E-state index contributed by atoms with van der Waals surface area (Å²) in [5, 5.41) is 14.0. The number of carboxylic acids is 1. The van der Waals surface area contributed by atoms with Gasteiger partial charge in [-0.1, -0.05) is 19.1 Å². The Kier molecular flexibility index (Phi) is 9.95. The summed E-state index contributed by atoms with van der Waals surface area (Å²) in [6.45, 7) is 3.31. The zero-order valence-corrected chi connectivity index (χ0v) is 25.5. The summed E-state index contributed by atoms with van der Waals surface area (Å²) < 4.78 is 118. The zero-order chi connectivity index (χ0) is 35.2. The zero-order valence-electron chi connectivity index (χ0n) is 25.5. The van der Waals surface area contributed by atoms with Crippen molar-refractivity contribution in [1.82, 2.24) is 15.2 Å². The van der Waals surface area contributed by atoms with E-state index in [-0.39, 0.29) is 35.6 Å². The van der Waals surface area contributed by atoms with Crippen LogP contribution in [0.4, 0.5) is 35.1 Å². The van der Waals surface area contributed by atoms with Gasteiger partial charge in [0.1, 0.15) is 35.1 Å². The molecule has 16 heteroatoms. The molecule has 4 atom stereocenters. The quantitative estimate of drug-likeness (QED) is 0.321. The fraction of sp³-hybridized carbons (Fsp3) is 0.452. The number of nitrogens with one attached hydrogen (secondary N) is 2. The maximum absolute atomic E-state index is 15.2. The predicted octanol–water partition coefficient (Wildman–Crippen LogP) is 5.45. The second-order valence-corrected chi connectivity index (χ2v) is 11.5. The number of carbonyl (C=O) groups excluding carboxylic acids is 1. The first-order valence-electron chi connectivity index (χ1n) is 14.4. The van der Waals surface area contributed by atoms with E-state index >= 15 is 4.39 Å². The van der Waals surface area contributed by atoms with Gasteiger partial charge in [0.25, 0.3) is 11.5 Å². The van der Waals surface area contributed by atoms with Gasteiger partial charge in [-0.15, -0.1) is 0 Å². The SMILES string of the molecule is Cc1cc(C(F)(F)F)c(-c2ccc(C[C@H](NC(=O)C3=C(F)C(C)C(N[C@H](C)C(F)(F)F)C=C3F)C(=O)O)c3c2OCCC3)c(=O)n1C. The number of hydrogen-bond acceptors (Lipinski definition) is 5. The highest BCUT2D eigenvalue weighted by molar-refractivity contribution is 6.00. The van der Waals surface area contributed by atoms with Gasteiger partial charge in [0.15, 0.2) is 0 Å². The number of hydrogen-bond donors (Lipinski definition) is 3. The minimum Gasteiger partial charge on any atom is -0.493 e.